The zero-order chi connectivity index (χ0) is 97.7. The predicted octanol–water partition coefficient (Wildman–Crippen LogP) is 13.2. The number of nitrogens with zero attached hydrogens (tertiary/aromatic N) is 7. The number of piperidine rings is 4. The number of hydrogen-bond donors (Lipinski definition) is 7. The molecule has 7 N–H and O–H groups in total. The van der Waals surface area contributed by atoms with Crippen molar-refractivity contribution in [3.05, 3.63) is 308 Å². The van der Waals surface area contributed by atoms with E-state index in [2.05, 4.69) is 172 Å². The minimum atomic E-state index is -0.508. The summed E-state index contributed by atoms with van der Waals surface area (Å²) in [7, 11) is 2.16. The standard InChI is InChI=1S/C29H34N4O5.C29H36N4O4.C28H33N3O3.C25H29N3O3/c1-20-6-11-25(28(35)31-20)33-18-24-23(29(33)36)4-2-5-26(24)38-19-21-7-9-22(10-8-21)27(34)30-12-3-13-32-14-16-37-17-15-32;1-21-6-11-26(28(34)30-21)33-19-25-24(29(33)35)4-3-5-27(25)37-20-23-9-7-22(8-10-23)18-31(2)12-13-32-14-16-36-17-15-32;1-19-10-15-25(27(32)30-19)31-17-24-23(28(31)33)8-5-9-26(24)34-18-21-13-11-20(12-14-21)16-29-22-6-3-2-4-7-22;1-16(2)26-13-18-8-10-19(11-9-18)15-31-23-6-4-5-20-21(23)14-28(25(20)30)22-12-7-17(3)27-24(22)29/h2,4-5,7-10,25H,1,3,6,11-19H2,(H,30,34)(H,31,35);3-5,7-10,26H,1,6,11-20H2,2H3,(H,30,34);5,8-9,11-14,22,25,29H,1-4,6-7,10,15-18H2,(H,30,32);4-6,8-11,16,22,26H,3,7,12-15H2,1-2H3,(H,27,29). The Hall–Kier alpha value is -13.1. The number of nitrogens with one attached hydrogen (secondary N) is 7. The first-order valence-corrected chi connectivity index (χ1v) is 49.5. The maximum absolute atomic E-state index is 13.1. The summed E-state index contributed by atoms with van der Waals surface area (Å²) in [5.74, 6) is 1.47. The average molecular weight is 1900 g/mol. The van der Waals surface area contributed by atoms with E-state index in [9.17, 15) is 43.2 Å². The van der Waals surface area contributed by atoms with Crippen molar-refractivity contribution in [2.24, 2.45) is 0 Å². The molecule has 11 aliphatic rings. The van der Waals surface area contributed by atoms with Gasteiger partial charge in [-0.25, -0.2) is 0 Å². The number of hydrogen-bond acceptors (Lipinski definition) is 20. The lowest BCUT2D eigenvalue weighted by Gasteiger charge is -2.31. The second kappa shape index (κ2) is 47.7. The van der Waals surface area contributed by atoms with Crippen LogP contribution in [-0.2, 0) is 101 Å². The summed E-state index contributed by atoms with van der Waals surface area (Å²) < 4.78 is 35.3. The summed E-state index contributed by atoms with van der Waals surface area (Å²) in [6.07, 6.45) is 12.6. The molecule has 6 saturated heterocycles. The molecule has 140 heavy (non-hydrogen) atoms. The fourth-order valence-corrected chi connectivity index (χ4v) is 19.6. The molecular weight excluding hydrogens is 1770 g/mol. The largest absolute Gasteiger partial charge is 0.489 e. The van der Waals surface area contributed by atoms with Crippen LogP contribution in [-0.4, -0.2) is 210 Å². The van der Waals surface area contributed by atoms with Gasteiger partial charge < -0.3 is 90.1 Å². The van der Waals surface area contributed by atoms with E-state index in [4.69, 9.17) is 28.4 Å². The van der Waals surface area contributed by atoms with Crippen LogP contribution in [0.2, 0.25) is 0 Å². The van der Waals surface area contributed by atoms with E-state index in [0.717, 1.165) is 143 Å². The smallest absolute Gasteiger partial charge is 0.255 e. The molecule has 0 aromatic heterocycles. The second-order valence-electron chi connectivity index (χ2n) is 38.3. The molecule has 9 amide bonds. The number of ether oxygens (including phenoxy) is 6. The van der Waals surface area contributed by atoms with Crippen molar-refractivity contribution >= 4 is 53.2 Å². The third kappa shape index (κ3) is 25.7. The minimum Gasteiger partial charge on any atom is -0.489 e. The summed E-state index contributed by atoms with van der Waals surface area (Å²) >= 11 is 0. The Bertz CT molecular complexity index is 5830. The first-order chi connectivity index (χ1) is 68.0. The van der Waals surface area contributed by atoms with Crippen molar-refractivity contribution in [2.75, 3.05) is 85.8 Å². The Labute approximate surface area is 820 Å². The van der Waals surface area contributed by atoms with Gasteiger partial charge in [0.15, 0.2) is 0 Å². The minimum absolute atomic E-state index is 0.0887. The second-order valence-corrected chi connectivity index (χ2v) is 38.3. The molecule has 4 unspecified atom stereocenters. The topological polar surface area (TPSA) is 316 Å². The van der Waals surface area contributed by atoms with E-state index in [1.165, 1.54) is 48.8 Å². The highest BCUT2D eigenvalue weighted by molar-refractivity contribution is 6.05. The third-order valence-corrected chi connectivity index (χ3v) is 27.8. The van der Waals surface area contributed by atoms with Crippen LogP contribution in [0.25, 0.3) is 0 Å². The molecule has 0 spiro atoms. The van der Waals surface area contributed by atoms with Gasteiger partial charge in [0.2, 0.25) is 23.6 Å². The number of fused-ring (bicyclic) bond motifs is 4. The van der Waals surface area contributed by atoms with Crippen LogP contribution in [0, 0.1) is 0 Å². The summed E-state index contributed by atoms with van der Waals surface area (Å²) in [5, 5.41) is 21.2. The highest BCUT2D eigenvalue weighted by Gasteiger charge is 2.44. The molecule has 10 aliphatic heterocycles. The molecule has 0 radical (unpaired) electrons. The Balaban J connectivity index is 0.000000135. The lowest BCUT2D eigenvalue weighted by molar-refractivity contribution is -0.127. The fraction of sp³-hybridized carbons (Fsp3) is 0.414. The lowest BCUT2D eigenvalue weighted by Crippen LogP contribution is -2.49. The van der Waals surface area contributed by atoms with Crippen molar-refractivity contribution in [2.45, 2.75) is 212 Å². The molecule has 1 saturated carbocycles. The molecule has 10 heterocycles. The maximum atomic E-state index is 13.1. The van der Waals surface area contributed by atoms with Gasteiger partial charge in [-0.15, -0.1) is 0 Å². The SMILES string of the molecule is C=C1CCC(N2Cc3c(OCc4ccc(C(=O)NCCCN5CCOCC5)cc4)cccc3C2=O)C(=O)N1.C=C1CCC(N2Cc3c(OCc4ccc(CN(C)CCN5CCOCC5)cc4)cccc3C2=O)C(=O)N1.C=C1CCC(N2Cc3c(OCc4ccc(CNC(C)C)cc4)cccc3C2=O)C(=O)N1.C=C1CCC(N2Cc3c(OCc4ccc(CNC5CCCCC5)cc4)cccc3C2=O)C(=O)N1. The van der Waals surface area contributed by atoms with Crippen molar-refractivity contribution in [1.82, 2.24) is 71.5 Å². The van der Waals surface area contributed by atoms with E-state index in [-0.39, 0.29) is 53.2 Å². The van der Waals surface area contributed by atoms with Crippen molar-refractivity contribution < 1.29 is 71.6 Å². The van der Waals surface area contributed by atoms with Crippen LogP contribution in [0.3, 0.4) is 0 Å². The fourth-order valence-electron chi connectivity index (χ4n) is 19.6. The highest BCUT2D eigenvalue weighted by Crippen LogP contribution is 2.40. The van der Waals surface area contributed by atoms with E-state index >= 15 is 0 Å². The van der Waals surface area contributed by atoms with Gasteiger partial charge in [0.25, 0.3) is 29.5 Å². The summed E-state index contributed by atoms with van der Waals surface area (Å²) in [6.45, 7) is 36.1. The van der Waals surface area contributed by atoms with Gasteiger partial charge in [-0.3, -0.25) is 53.0 Å². The Morgan fingerprint density at radius 1 is 0.407 bits per heavy atom. The molecular formula is C111H132N14O15. The van der Waals surface area contributed by atoms with Crippen molar-refractivity contribution in [3.63, 3.8) is 0 Å². The zero-order valence-electron chi connectivity index (χ0n) is 80.9. The third-order valence-electron chi connectivity index (χ3n) is 27.8. The van der Waals surface area contributed by atoms with Gasteiger partial charge in [-0.05, 0) is 184 Å². The molecule has 7 fully saturated rings. The summed E-state index contributed by atoms with van der Waals surface area (Å²) in [4.78, 5) is 128. The first-order valence-electron chi connectivity index (χ1n) is 49.5. The molecule has 1 aliphatic carbocycles. The van der Waals surface area contributed by atoms with Crippen LogP contribution in [0.15, 0.2) is 219 Å². The van der Waals surface area contributed by atoms with Gasteiger partial charge >= 0.3 is 0 Å². The van der Waals surface area contributed by atoms with Crippen LogP contribution in [0.5, 0.6) is 23.0 Å². The van der Waals surface area contributed by atoms with Crippen LogP contribution in [0.4, 0.5) is 0 Å². The molecule has 29 heteroatoms. The van der Waals surface area contributed by atoms with Gasteiger partial charge in [0, 0.05) is 150 Å². The number of rotatable bonds is 32. The van der Waals surface area contributed by atoms with Crippen LogP contribution in [0.1, 0.15) is 217 Å². The number of likely N-dealkylation sites (N-methyl/N-ethyl adjacent to an activating group) is 1. The number of benzene rings is 8. The number of carbonyl (C=O) groups excluding carboxylic acids is 9. The molecule has 8 aromatic rings. The van der Waals surface area contributed by atoms with Crippen LogP contribution >= 0.6 is 0 Å². The predicted molar refractivity (Wildman–Crippen MR) is 533 cm³/mol. The Morgan fingerprint density at radius 2 is 0.729 bits per heavy atom. The Kier molecular flexibility index (Phi) is 34.0. The quantitative estimate of drug-likeness (QED) is 0.0193. The molecule has 8 aromatic carbocycles. The summed E-state index contributed by atoms with van der Waals surface area (Å²) in [6, 6.07) is 54.0. The van der Waals surface area contributed by atoms with Crippen LogP contribution < -0.4 is 56.2 Å². The number of amides is 9. The molecule has 0 bridgehead atoms. The molecule has 736 valence electrons. The van der Waals surface area contributed by atoms with Gasteiger partial charge in [-0.1, -0.05) is 169 Å². The van der Waals surface area contributed by atoms with Gasteiger partial charge in [0.1, 0.15) is 73.6 Å². The van der Waals surface area contributed by atoms with Crippen molar-refractivity contribution in [3.8, 4) is 23.0 Å². The Morgan fingerprint density at radius 3 is 1.07 bits per heavy atom. The van der Waals surface area contributed by atoms with Gasteiger partial charge in [-0.2, -0.15) is 0 Å². The van der Waals surface area contributed by atoms with Crippen molar-refractivity contribution in [1.29, 1.82) is 0 Å². The monoisotopic (exact) mass is 1900 g/mol. The average Bonchev–Trinajstić information content (AvgIpc) is 1.64. The molecule has 29 nitrogen and oxygen atoms in total. The number of allylic oxidation sites excluding steroid dienone is 4. The van der Waals surface area contributed by atoms with E-state index in [1.54, 1.807) is 49.9 Å². The van der Waals surface area contributed by atoms with E-state index in [0.29, 0.717) is 196 Å². The van der Waals surface area contributed by atoms with E-state index < -0.39 is 24.2 Å². The number of carbonyl (C=O) groups is 9. The normalized spacial score (nSPS) is 19.9. The van der Waals surface area contributed by atoms with E-state index in [1.807, 2.05) is 66.7 Å². The first kappa shape index (κ1) is 99.9. The number of morpholine rings is 2. The highest BCUT2D eigenvalue weighted by atomic mass is 16.5. The molecule has 19 rings (SSSR count). The maximum Gasteiger partial charge on any atom is 0.255 e. The lowest BCUT2D eigenvalue weighted by atomic mass is 9.95. The molecule has 4 atom stereocenters. The van der Waals surface area contributed by atoms with Gasteiger partial charge in [0.05, 0.1) is 52.6 Å². The zero-order valence-corrected chi connectivity index (χ0v) is 80.9. The summed E-state index contributed by atoms with van der Waals surface area (Å²) in [5.41, 5.74) is 17.1.